The van der Waals surface area contributed by atoms with Crippen LogP contribution in [0.3, 0.4) is 0 Å². The molecular weight excluding hydrogens is 256 g/mol. The maximum Gasteiger partial charge on any atom is 0.305 e. The van der Waals surface area contributed by atoms with Gasteiger partial charge in [0.25, 0.3) is 0 Å². The van der Waals surface area contributed by atoms with Gasteiger partial charge in [-0.3, -0.25) is 9.69 Å². The molecule has 0 amide bonds. The molecule has 1 aliphatic heterocycles. The van der Waals surface area contributed by atoms with Gasteiger partial charge in [0.1, 0.15) is 0 Å². The van der Waals surface area contributed by atoms with Crippen LogP contribution < -0.4 is 0 Å². The Kier molecular flexibility index (Phi) is 9.62. The summed E-state index contributed by atoms with van der Waals surface area (Å²) in [5.41, 5.74) is 0. The van der Waals surface area contributed by atoms with Gasteiger partial charge >= 0.3 is 5.97 Å². The van der Waals surface area contributed by atoms with Crippen molar-refractivity contribution in [3.05, 3.63) is 0 Å². The molecule has 0 N–H and O–H groups in total. The molecule has 0 atom stereocenters. The van der Waals surface area contributed by atoms with Gasteiger partial charge in [-0.1, -0.05) is 6.92 Å². The molecule has 5 heteroatoms. The first-order chi connectivity index (χ1) is 9.76. The van der Waals surface area contributed by atoms with E-state index in [-0.39, 0.29) is 5.97 Å². The molecule has 0 unspecified atom stereocenters. The van der Waals surface area contributed by atoms with Crippen LogP contribution in [0.2, 0.25) is 0 Å². The molecule has 1 aliphatic rings. The van der Waals surface area contributed by atoms with Gasteiger partial charge in [0.05, 0.1) is 13.2 Å². The lowest BCUT2D eigenvalue weighted by Gasteiger charge is -2.34. The molecule has 0 aromatic rings. The van der Waals surface area contributed by atoms with Crippen LogP contribution in [0.15, 0.2) is 0 Å². The number of hydrogen-bond donors (Lipinski definition) is 0. The van der Waals surface area contributed by atoms with Crippen LogP contribution in [-0.2, 0) is 14.3 Å². The maximum atomic E-state index is 11.4. The predicted molar refractivity (Wildman–Crippen MR) is 79.9 cm³/mol. The monoisotopic (exact) mass is 286 g/mol. The van der Waals surface area contributed by atoms with E-state index in [1.807, 2.05) is 13.8 Å². The molecular formula is C15H30N2O3. The molecule has 0 spiro atoms. The molecule has 1 rings (SSSR count). The molecule has 0 saturated carbocycles. The minimum Gasteiger partial charge on any atom is -0.466 e. The van der Waals surface area contributed by atoms with Crippen LogP contribution in [0.25, 0.3) is 0 Å². The van der Waals surface area contributed by atoms with Gasteiger partial charge in [-0.15, -0.1) is 0 Å². The summed E-state index contributed by atoms with van der Waals surface area (Å²) in [6.45, 7) is 12.7. The van der Waals surface area contributed by atoms with Crippen molar-refractivity contribution in [2.45, 2.75) is 33.1 Å². The van der Waals surface area contributed by atoms with Crippen LogP contribution in [0, 0.1) is 0 Å². The molecule has 118 valence electrons. The maximum absolute atomic E-state index is 11.4. The van der Waals surface area contributed by atoms with Gasteiger partial charge in [-0.05, 0) is 26.3 Å². The fraction of sp³-hybridized carbons (Fsp3) is 0.933. The number of esters is 1. The highest BCUT2D eigenvalue weighted by Gasteiger charge is 2.16. The number of piperazine rings is 1. The fourth-order valence-electron chi connectivity index (χ4n) is 2.31. The van der Waals surface area contributed by atoms with E-state index in [1.165, 1.54) is 0 Å². The summed E-state index contributed by atoms with van der Waals surface area (Å²) in [5.74, 6) is -0.0535. The van der Waals surface area contributed by atoms with E-state index < -0.39 is 0 Å². The quantitative estimate of drug-likeness (QED) is 0.448. The average Bonchev–Trinajstić information content (AvgIpc) is 2.47. The van der Waals surface area contributed by atoms with E-state index in [4.69, 9.17) is 9.47 Å². The van der Waals surface area contributed by atoms with Gasteiger partial charge in [-0.2, -0.15) is 0 Å². The van der Waals surface area contributed by atoms with Crippen molar-refractivity contribution in [1.29, 1.82) is 0 Å². The van der Waals surface area contributed by atoms with Crippen molar-refractivity contribution in [1.82, 2.24) is 9.80 Å². The van der Waals surface area contributed by atoms with E-state index in [0.717, 1.165) is 65.3 Å². The van der Waals surface area contributed by atoms with Crippen LogP contribution >= 0.6 is 0 Å². The van der Waals surface area contributed by atoms with Gasteiger partial charge in [0.2, 0.25) is 0 Å². The van der Waals surface area contributed by atoms with Crippen LogP contribution in [0.4, 0.5) is 0 Å². The first-order valence-electron chi connectivity index (χ1n) is 7.94. The van der Waals surface area contributed by atoms with Crippen molar-refractivity contribution in [2.75, 3.05) is 59.1 Å². The van der Waals surface area contributed by atoms with Crippen LogP contribution in [-0.4, -0.2) is 74.9 Å². The third-order valence-corrected chi connectivity index (χ3v) is 3.54. The lowest BCUT2D eigenvalue weighted by Crippen LogP contribution is -2.47. The zero-order valence-electron chi connectivity index (χ0n) is 13.1. The molecule has 1 saturated heterocycles. The lowest BCUT2D eigenvalue weighted by molar-refractivity contribution is -0.143. The first-order valence-corrected chi connectivity index (χ1v) is 7.94. The molecule has 0 aromatic carbocycles. The summed E-state index contributed by atoms with van der Waals surface area (Å²) in [6.07, 6.45) is 2.35. The SMILES string of the molecule is CCCOC(=O)CCCN1CCN(CCOCC)CC1. The van der Waals surface area contributed by atoms with E-state index in [0.29, 0.717) is 13.0 Å². The number of carbonyl (C=O) groups excluding carboxylic acids is 1. The highest BCUT2D eigenvalue weighted by atomic mass is 16.5. The number of carbonyl (C=O) groups is 1. The third-order valence-electron chi connectivity index (χ3n) is 3.54. The normalized spacial score (nSPS) is 17.3. The summed E-state index contributed by atoms with van der Waals surface area (Å²) < 4.78 is 10.5. The Labute approximate surface area is 123 Å². The second kappa shape index (κ2) is 11.1. The zero-order valence-corrected chi connectivity index (χ0v) is 13.1. The van der Waals surface area contributed by atoms with Gasteiger partial charge < -0.3 is 14.4 Å². The van der Waals surface area contributed by atoms with Crippen molar-refractivity contribution < 1.29 is 14.3 Å². The highest BCUT2D eigenvalue weighted by Crippen LogP contribution is 2.04. The summed E-state index contributed by atoms with van der Waals surface area (Å²) >= 11 is 0. The molecule has 1 heterocycles. The third kappa shape index (κ3) is 7.82. The topological polar surface area (TPSA) is 42.0 Å². The van der Waals surface area contributed by atoms with Crippen LogP contribution in [0.5, 0.6) is 0 Å². The number of rotatable bonds is 10. The Bertz CT molecular complexity index is 254. The van der Waals surface area contributed by atoms with Crippen LogP contribution in [0.1, 0.15) is 33.1 Å². The van der Waals surface area contributed by atoms with Gasteiger partial charge in [-0.25, -0.2) is 0 Å². The lowest BCUT2D eigenvalue weighted by atomic mass is 10.2. The predicted octanol–water partition coefficient (Wildman–Crippen LogP) is 1.37. The summed E-state index contributed by atoms with van der Waals surface area (Å²) in [5, 5.41) is 0. The van der Waals surface area contributed by atoms with E-state index >= 15 is 0 Å². The Morgan fingerprint density at radius 3 is 2.25 bits per heavy atom. The standard InChI is InChI=1S/C15H30N2O3/c1-3-13-20-15(18)6-5-7-16-8-10-17(11-9-16)12-14-19-4-2/h3-14H2,1-2H3. The van der Waals surface area contributed by atoms with Gasteiger partial charge in [0, 0.05) is 45.8 Å². The Morgan fingerprint density at radius 1 is 1.00 bits per heavy atom. The molecule has 1 fully saturated rings. The number of nitrogens with zero attached hydrogens (tertiary/aromatic N) is 2. The Morgan fingerprint density at radius 2 is 1.65 bits per heavy atom. The average molecular weight is 286 g/mol. The molecule has 20 heavy (non-hydrogen) atoms. The smallest absolute Gasteiger partial charge is 0.305 e. The first kappa shape index (κ1) is 17.4. The Balaban J connectivity index is 2.00. The van der Waals surface area contributed by atoms with E-state index in [2.05, 4.69) is 9.80 Å². The summed E-state index contributed by atoms with van der Waals surface area (Å²) in [4.78, 5) is 16.3. The summed E-state index contributed by atoms with van der Waals surface area (Å²) in [7, 11) is 0. The second-order valence-corrected chi connectivity index (χ2v) is 5.20. The molecule has 0 radical (unpaired) electrons. The van der Waals surface area contributed by atoms with Crippen molar-refractivity contribution in [2.24, 2.45) is 0 Å². The molecule has 0 aromatic heterocycles. The number of ether oxygens (including phenoxy) is 2. The Hall–Kier alpha value is -0.650. The van der Waals surface area contributed by atoms with Crippen molar-refractivity contribution in [3.63, 3.8) is 0 Å². The summed E-state index contributed by atoms with van der Waals surface area (Å²) in [6, 6.07) is 0. The number of hydrogen-bond acceptors (Lipinski definition) is 5. The largest absolute Gasteiger partial charge is 0.466 e. The minimum atomic E-state index is -0.0535. The second-order valence-electron chi connectivity index (χ2n) is 5.20. The molecule has 0 aliphatic carbocycles. The minimum absolute atomic E-state index is 0.0535. The van der Waals surface area contributed by atoms with Gasteiger partial charge in [0.15, 0.2) is 0 Å². The zero-order chi connectivity index (χ0) is 14.6. The van der Waals surface area contributed by atoms with Crippen molar-refractivity contribution >= 4 is 5.97 Å². The molecule has 5 nitrogen and oxygen atoms in total. The fourth-order valence-corrected chi connectivity index (χ4v) is 2.31. The highest BCUT2D eigenvalue weighted by molar-refractivity contribution is 5.69. The van der Waals surface area contributed by atoms with E-state index in [1.54, 1.807) is 0 Å². The van der Waals surface area contributed by atoms with E-state index in [9.17, 15) is 4.79 Å². The van der Waals surface area contributed by atoms with Crippen molar-refractivity contribution in [3.8, 4) is 0 Å². The molecule has 0 bridgehead atoms.